The highest BCUT2D eigenvalue weighted by Gasteiger charge is 2.48. The smallest absolute Gasteiger partial charge is 0.322 e. The minimum absolute atomic E-state index is 0.0301. The number of hydrogen-bond donors (Lipinski definition) is 2. The summed E-state index contributed by atoms with van der Waals surface area (Å²) in [4.78, 5) is 37.8. The van der Waals surface area contributed by atoms with E-state index in [0.29, 0.717) is 23.8 Å². The highest BCUT2D eigenvalue weighted by atomic mass is 32.2. The normalized spacial score (nSPS) is 17.7. The van der Waals surface area contributed by atoms with Crippen LogP contribution in [-0.4, -0.2) is 48.9 Å². The zero-order valence-corrected chi connectivity index (χ0v) is 20.1. The van der Waals surface area contributed by atoms with E-state index < -0.39 is 23.4 Å². The third-order valence-electron chi connectivity index (χ3n) is 5.73. The van der Waals surface area contributed by atoms with E-state index in [1.54, 1.807) is 11.5 Å². The maximum Gasteiger partial charge on any atom is 0.344 e. The number of thioether (sulfide) groups is 1. The SMILES string of the molecule is Cc1ccc(-c2nnc(SCC(=O)NN3C(=O)NC(C)(CCc4ccccc4)C3=O)n2C)cc1. The van der Waals surface area contributed by atoms with Crippen molar-refractivity contribution in [3.05, 3.63) is 65.7 Å². The van der Waals surface area contributed by atoms with Crippen molar-refractivity contribution in [2.45, 2.75) is 37.4 Å². The molecular weight excluding hydrogens is 452 g/mol. The van der Waals surface area contributed by atoms with Crippen LogP contribution in [0.4, 0.5) is 4.79 Å². The average molecular weight is 479 g/mol. The van der Waals surface area contributed by atoms with Crippen LogP contribution in [0, 0.1) is 6.92 Å². The molecule has 1 aromatic heterocycles. The van der Waals surface area contributed by atoms with Gasteiger partial charge in [0.15, 0.2) is 11.0 Å². The summed E-state index contributed by atoms with van der Waals surface area (Å²) in [5.74, 6) is -0.309. The summed E-state index contributed by atoms with van der Waals surface area (Å²) in [6.07, 6.45) is 1.04. The Morgan fingerprint density at radius 1 is 1.09 bits per heavy atom. The lowest BCUT2D eigenvalue weighted by molar-refractivity contribution is -0.138. The minimum atomic E-state index is -1.08. The average Bonchev–Trinajstić information content (AvgIpc) is 3.29. The molecule has 1 aliphatic rings. The van der Waals surface area contributed by atoms with Crippen LogP contribution in [0.3, 0.4) is 0 Å². The van der Waals surface area contributed by atoms with Crippen LogP contribution in [-0.2, 0) is 23.1 Å². The van der Waals surface area contributed by atoms with E-state index in [9.17, 15) is 14.4 Å². The first-order chi connectivity index (χ1) is 16.3. The Bertz CT molecular complexity index is 1210. The number of rotatable bonds is 8. The molecule has 1 fully saturated rings. The maximum absolute atomic E-state index is 12.9. The fourth-order valence-corrected chi connectivity index (χ4v) is 4.38. The molecule has 4 rings (SSSR count). The first-order valence-electron chi connectivity index (χ1n) is 10.9. The second-order valence-corrected chi connectivity index (χ2v) is 9.39. The van der Waals surface area contributed by atoms with Crippen molar-refractivity contribution in [2.24, 2.45) is 7.05 Å². The Morgan fingerprint density at radius 2 is 1.79 bits per heavy atom. The summed E-state index contributed by atoms with van der Waals surface area (Å²) in [6.45, 7) is 3.68. The molecule has 1 unspecified atom stereocenters. The number of urea groups is 1. The molecule has 1 atom stereocenters. The first-order valence-corrected chi connectivity index (χ1v) is 11.8. The largest absolute Gasteiger partial charge is 0.344 e. The Morgan fingerprint density at radius 3 is 2.50 bits per heavy atom. The van der Waals surface area contributed by atoms with Gasteiger partial charge in [0.05, 0.1) is 5.75 Å². The highest BCUT2D eigenvalue weighted by molar-refractivity contribution is 7.99. The lowest BCUT2D eigenvalue weighted by atomic mass is 9.93. The van der Waals surface area contributed by atoms with Gasteiger partial charge in [-0.1, -0.05) is 71.9 Å². The van der Waals surface area contributed by atoms with Crippen LogP contribution in [0.1, 0.15) is 24.5 Å². The Hall–Kier alpha value is -3.66. The summed E-state index contributed by atoms with van der Waals surface area (Å²) < 4.78 is 1.80. The lowest BCUT2D eigenvalue weighted by Crippen LogP contribution is -2.49. The monoisotopic (exact) mass is 478 g/mol. The van der Waals surface area contributed by atoms with E-state index in [0.717, 1.165) is 21.7 Å². The standard InChI is InChI=1S/C24H26N6O3S/c1-16-9-11-18(12-10-16)20-26-27-23(29(20)3)34-15-19(31)28-30-21(32)24(2,25-22(30)33)14-13-17-7-5-4-6-8-17/h4-12H,13-15H2,1-3H3,(H,25,33)(H,28,31). The predicted molar refractivity (Wildman–Crippen MR) is 129 cm³/mol. The molecule has 0 saturated carbocycles. The summed E-state index contributed by atoms with van der Waals surface area (Å²) in [6, 6.07) is 17.0. The molecule has 2 N–H and O–H groups in total. The highest BCUT2D eigenvalue weighted by Crippen LogP contribution is 2.24. The third-order valence-corrected chi connectivity index (χ3v) is 6.75. The number of hydrazine groups is 1. The number of hydrogen-bond acceptors (Lipinski definition) is 6. The van der Waals surface area contributed by atoms with Crippen molar-refractivity contribution in [1.29, 1.82) is 0 Å². The second kappa shape index (κ2) is 9.68. The molecule has 1 saturated heterocycles. The minimum Gasteiger partial charge on any atom is -0.322 e. The molecule has 0 bridgehead atoms. The Labute approximate surface area is 201 Å². The van der Waals surface area contributed by atoms with Crippen LogP contribution in [0.15, 0.2) is 59.8 Å². The van der Waals surface area contributed by atoms with E-state index in [1.807, 2.05) is 68.6 Å². The van der Waals surface area contributed by atoms with E-state index in [1.165, 1.54) is 11.8 Å². The fraction of sp³-hybridized carbons (Fsp3) is 0.292. The molecule has 9 nitrogen and oxygen atoms in total. The van der Waals surface area contributed by atoms with Gasteiger partial charge in [-0.05, 0) is 32.3 Å². The Kier molecular flexibility index (Phi) is 6.69. The second-order valence-electron chi connectivity index (χ2n) is 8.44. The van der Waals surface area contributed by atoms with E-state index >= 15 is 0 Å². The van der Waals surface area contributed by atoms with E-state index in [4.69, 9.17) is 0 Å². The van der Waals surface area contributed by atoms with Gasteiger partial charge in [0, 0.05) is 12.6 Å². The zero-order chi connectivity index (χ0) is 24.3. The van der Waals surface area contributed by atoms with Crippen molar-refractivity contribution in [3.8, 4) is 11.4 Å². The van der Waals surface area contributed by atoms with Crippen LogP contribution in [0.5, 0.6) is 0 Å². The van der Waals surface area contributed by atoms with Gasteiger partial charge < -0.3 is 9.88 Å². The zero-order valence-electron chi connectivity index (χ0n) is 19.2. The number of carbonyl (C=O) groups excluding carboxylic acids is 3. The predicted octanol–water partition coefficient (Wildman–Crippen LogP) is 2.86. The van der Waals surface area contributed by atoms with Crippen LogP contribution < -0.4 is 10.7 Å². The van der Waals surface area contributed by atoms with Gasteiger partial charge in [0.1, 0.15) is 5.54 Å². The topological polar surface area (TPSA) is 109 Å². The molecular formula is C24H26N6O3S. The number of aryl methyl sites for hydroxylation is 2. The van der Waals surface area contributed by atoms with Crippen molar-refractivity contribution in [2.75, 3.05) is 5.75 Å². The summed E-state index contributed by atoms with van der Waals surface area (Å²) in [5, 5.41) is 12.4. The van der Waals surface area contributed by atoms with Gasteiger partial charge in [0.2, 0.25) is 5.91 Å². The Balaban J connectivity index is 1.34. The summed E-state index contributed by atoms with van der Waals surface area (Å²) in [5.41, 5.74) is 4.47. The molecule has 2 aromatic carbocycles. The number of aromatic nitrogens is 3. The molecule has 0 radical (unpaired) electrons. The van der Waals surface area contributed by atoms with Gasteiger partial charge in [-0.3, -0.25) is 15.0 Å². The van der Waals surface area contributed by atoms with Gasteiger partial charge in [-0.15, -0.1) is 10.2 Å². The molecule has 10 heteroatoms. The molecule has 3 aromatic rings. The number of nitrogens with zero attached hydrogens (tertiary/aromatic N) is 4. The fourth-order valence-electron chi connectivity index (χ4n) is 3.68. The number of carbonyl (C=O) groups is 3. The van der Waals surface area contributed by atoms with Crippen LogP contribution >= 0.6 is 11.8 Å². The van der Waals surface area contributed by atoms with E-state index in [2.05, 4.69) is 20.9 Å². The number of benzene rings is 2. The lowest BCUT2D eigenvalue weighted by Gasteiger charge is -2.21. The molecule has 1 aliphatic heterocycles. The van der Waals surface area contributed by atoms with Gasteiger partial charge in [-0.25, -0.2) is 4.79 Å². The molecule has 2 heterocycles. The quantitative estimate of drug-likeness (QED) is 0.381. The van der Waals surface area contributed by atoms with Crippen LogP contribution in [0.25, 0.3) is 11.4 Å². The molecule has 0 spiro atoms. The van der Waals surface area contributed by atoms with Crippen molar-refractivity contribution >= 4 is 29.6 Å². The summed E-state index contributed by atoms with van der Waals surface area (Å²) >= 11 is 1.17. The molecule has 176 valence electrons. The van der Waals surface area contributed by atoms with Gasteiger partial charge >= 0.3 is 6.03 Å². The van der Waals surface area contributed by atoms with E-state index in [-0.39, 0.29) is 5.75 Å². The maximum atomic E-state index is 12.9. The molecule has 0 aliphatic carbocycles. The van der Waals surface area contributed by atoms with Crippen molar-refractivity contribution < 1.29 is 14.4 Å². The number of nitrogens with one attached hydrogen (secondary N) is 2. The van der Waals surface area contributed by atoms with Gasteiger partial charge in [-0.2, -0.15) is 5.01 Å². The van der Waals surface area contributed by atoms with Crippen LogP contribution in [0.2, 0.25) is 0 Å². The van der Waals surface area contributed by atoms with Gasteiger partial charge in [0.25, 0.3) is 5.91 Å². The summed E-state index contributed by atoms with van der Waals surface area (Å²) in [7, 11) is 1.82. The third kappa shape index (κ3) is 4.96. The van der Waals surface area contributed by atoms with Crippen molar-refractivity contribution in [1.82, 2.24) is 30.5 Å². The van der Waals surface area contributed by atoms with Crippen molar-refractivity contribution in [3.63, 3.8) is 0 Å². The molecule has 34 heavy (non-hydrogen) atoms. The molecule has 4 amide bonds. The first kappa shape index (κ1) is 23.5. The number of amides is 4. The number of imide groups is 1.